The molecule has 0 bridgehead atoms. The third-order valence-electron chi connectivity index (χ3n) is 9.41. The highest BCUT2D eigenvalue weighted by molar-refractivity contribution is 7.09. The van der Waals surface area contributed by atoms with Crippen LogP contribution in [-0.4, -0.2) is 76.6 Å². The number of fused-ring (bicyclic) bond motifs is 1. The van der Waals surface area contributed by atoms with Gasteiger partial charge in [0, 0.05) is 31.0 Å². The van der Waals surface area contributed by atoms with E-state index in [-0.39, 0.29) is 44.9 Å². The van der Waals surface area contributed by atoms with Crippen LogP contribution in [0.3, 0.4) is 0 Å². The summed E-state index contributed by atoms with van der Waals surface area (Å²) in [5.74, 6) is 0.644. The van der Waals surface area contributed by atoms with E-state index >= 15 is 0 Å². The first-order valence-corrected chi connectivity index (χ1v) is 19.0. The Bertz CT molecular complexity index is 1940. The number of alkyl carbamates (subject to hydrolysis) is 1. The average molecular weight is 766 g/mol. The fourth-order valence-corrected chi connectivity index (χ4v) is 7.03. The Balaban J connectivity index is 1.05. The third-order valence-corrected chi connectivity index (χ3v) is 10.2. The van der Waals surface area contributed by atoms with Crippen molar-refractivity contribution in [1.82, 2.24) is 25.7 Å². The first kappa shape index (κ1) is 37.9. The third kappa shape index (κ3) is 10.9. The Morgan fingerprint density at radius 2 is 1.71 bits per heavy atom. The number of hydrogen-bond acceptors (Lipinski definition) is 12. The van der Waals surface area contributed by atoms with Gasteiger partial charge in [-0.05, 0) is 53.8 Å². The maximum atomic E-state index is 13.4. The SMILES string of the molecule is O=C(NN(Cc1ccc(-c2ccccn2)cc1)CC(O)C(Cc1ccc(OCc2ccccc2)cc1)NC(=O)OC1COC2OCCC12)OCc1cncs1. The highest BCUT2D eigenvalue weighted by Crippen LogP contribution is 2.33. The van der Waals surface area contributed by atoms with Crippen molar-refractivity contribution in [3.05, 3.63) is 137 Å². The Morgan fingerprint density at radius 1 is 0.909 bits per heavy atom. The molecule has 286 valence electrons. The van der Waals surface area contributed by atoms with Crippen LogP contribution in [0.15, 0.2) is 115 Å². The van der Waals surface area contributed by atoms with Crippen LogP contribution in [-0.2, 0) is 45.1 Å². The van der Waals surface area contributed by atoms with Gasteiger partial charge in [-0.1, -0.05) is 72.8 Å². The lowest BCUT2D eigenvalue weighted by atomic mass is 10.0. The van der Waals surface area contributed by atoms with E-state index in [9.17, 15) is 14.7 Å². The molecule has 7 rings (SSSR count). The van der Waals surface area contributed by atoms with Crippen LogP contribution in [0.25, 0.3) is 11.3 Å². The number of hydrogen-bond donors (Lipinski definition) is 3. The number of benzene rings is 3. The predicted molar refractivity (Wildman–Crippen MR) is 203 cm³/mol. The molecule has 13 nitrogen and oxygen atoms in total. The topological polar surface area (TPSA) is 154 Å². The molecule has 3 N–H and O–H groups in total. The van der Waals surface area contributed by atoms with E-state index in [2.05, 4.69) is 20.7 Å². The first-order chi connectivity index (χ1) is 26.9. The number of aliphatic hydroxyl groups is 1. The van der Waals surface area contributed by atoms with Crippen molar-refractivity contribution in [2.75, 3.05) is 19.8 Å². The van der Waals surface area contributed by atoms with Gasteiger partial charge >= 0.3 is 12.2 Å². The van der Waals surface area contributed by atoms with Crippen LogP contribution >= 0.6 is 11.3 Å². The zero-order chi connectivity index (χ0) is 37.8. The van der Waals surface area contributed by atoms with E-state index in [4.69, 9.17) is 23.7 Å². The van der Waals surface area contributed by atoms with E-state index in [0.29, 0.717) is 19.0 Å². The van der Waals surface area contributed by atoms with Gasteiger partial charge in [-0.15, -0.1) is 11.3 Å². The fourth-order valence-electron chi connectivity index (χ4n) is 6.52. The smallest absolute Gasteiger partial charge is 0.422 e. The summed E-state index contributed by atoms with van der Waals surface area (Å²) in [5.41, 5.74) is 8.99. The fraction of sp³-hybridized carbons (Fsp3) is 0.317. The van der Waals surface area contributed by atoms with Crippen molar-refractivity contribution in [2.45, 2.75) is 57.1 Å². The molecule has 2 saturated heterocycles. The number of aromatic nitrogens is 2. The van der Waals surface area contributed by atoms with E-state index in [1.54, 1.807) is 22.9 Å². The number of aliphatic hydroxyl groups excluding tert-OH is 1. The molecule has 5 unspecified atom stereocenters. The van der Waals surface area contributed by atoms with Crippen LogP contribution in [0.4, 0.5) is 9.59 Å². The van der Waals surface area contributed by atoms with Gasteiger partial charge in [0.15, 0.2) is 6.29 Å². The summed E-state index contributed by atoms with van der Waals surface area (Å²) in [7, 11) is 0. The van der Waals surface area contributed by atoms with Gasteiger partial charge in [0.1, 0.15) is 25.1 Å². The summed E-state index contributed by atoms with van der Waals surface area (Å²) in [6.45, 7) is 1.41. The van der Waals surface area contributed by atoms with Crippen LogP contribution in [0.5, 0.6) is 5.75 Å². The molecule has 2 aliphatic rings. The Hall–Kier alpha value is -5.38. The number of carbonyl (C=O) groups excluding carboxylic acids is 2. The van der Waals surface area contributed by atoms with Crippen molar-refractivity contribution < 1.29 is 38.4 Å². The second-order valence-corrected chi connectivity index (χ2v) is 14.3. The van der Waals surface area contributed by atoms with E-state index < -0.39 is 30.4 Å². The van der Waals surface area contributed by atoms with Crippen LogP contribution in [0.2, 0.25) is 0 Å². The number of amides is 2. The van der Waals surface area contributed by atoms with Gasteiger partial charge in [-0.25, -0.2) is 14.6 Å². The molecule has 55 heavy (non-hydrogen) atoms. The van der Waals surface area contributed by atoms with E-state index in [1.807, 2.05) is 97.1 Å². The summed E-state index contributed by atoms with van der Waals surface area (Å²) in [5, 5.41) is 16.3. The summed E-state index contributed by atoms with van der Waals surface area (Å²) < 4.78 is 28.5. The molecule has 0 aliphatic carbocycles. The van der Waals surface area contributed by atoms with E-state index in [1.165, 1.54) is 11.3 Å². The minimum absolute atomic E-state index is 0.0442. The first-order valence-electron chi connectivity index (χ1n) is 18.2. The van der Waals surface area contributed by atoms with Gasteiger partial charge in [0.2, 0.25) is 0 Å². The largest absolute Gasteiger partial charge is 0.489 e. The highest BCUT2D eigenvalue weighted by Gasteiger charge is 2.44. The second kappa shape index (κ2) is 18.8. The minimum atomic E-state index is -1.17. The summed E-state index contributed by atoms with van der Waals surface area (Å²) >= 11 is 1.38. The molecule has 2 fully saturated rings. The second-order valence-electron chi connectivity index (χ2n) is 13.4. The predicted octanol–water partition coefficient (Wildman–Crippen LogP) is 5.89. The van der Waals surface area contributed by atoms with Gasteiger partial charge in [0.25, 0.3) is 0 Å². The monoisotopic (exact) mass is 765 g/mol. The number of nitrogens with one attached hydrogen (secondary N) is 2. The zero-order valence-corrected chi connectivity index (χ0v) is 30.9. The Morgan fingerprint density at radius 3 is 2.47 bits per heavy atom. The summed E-state index contributed by atoms with van der Waals surface area (Å²) in [4.78, 5) is 35.7. The van der Waals surface area contributed by atoms with Gasteiger partial charge in [0.05, 0.1) is 47.4 Å². The number of nitrogens with zero attached hydrogens (tertiary/aromatic N) is 3. The number of carbonyl (C=O) groups is 2. The Kier molecular flexibility index (Phi) is 12.9. The number of rotatable bonds is 16. The minimum Gasteiger partial charge on any atom is -0.489 e. The van der Waals surface area contributed by atoms with Crippen LogP contribution in [0.1, 0.15) is 28.0 Å². The normalized spacial score (nSPS) is 18.6. The number of ether oxygens (including phenoxy) is 5. The van der Waals surface area contributed by atoms with Crippen molar-refractivity contribution in [3.8, 4) is 17.0 Å². The molecular weight excluding hydrogens is 723 g/mol. The molecule has 3 aromatic carbocycles. The molecule has 5 aromatic rings. The number of thiazole rings is 1. The maximum absolute atomic E-state index is 13.4. The van der Waals surface area contributed by atoms with Gasteiger partial charge in [-0.2, -0.15) is 0 Å². The molecule has 2 aliphatic heterocycles. The van der Waals surface area contributed by atoms with Crippen LogP contribution < -0.4 is 15.5 Å². The molecule has 4 heterocycles. The maximum Gasteiger partial charge on any atom is 0.422 e. The summed E-state index contributed by atoms with van der Waals surface area (Å²) in [6, 6.07) is 30.1. The molecular formula is C41H43N5O8S. The lowest BCUT2D eigenvalue weighted by molar-refractivity contribution is -0.0907. The van der Waals surface area contributed by atoms with Crippen molar-refractivity contribution >= 4 is 23.5 Å². The molecule has 0 radical (unpaired) electrons. The van der Waals surface area contributed by atoms with Crippen molar-refractivity contribution in [3.63, 3.8) is 0 Å². The average Bonchev–Trinajstić information content (AvgIpc) is 3.99. The molecule has 2 aromatic heterocycles. The zero-order valence-electron chi connectivity index (χ0n) is 30.1. The lowest BCUT2D eigenvalue weighted by Crippen LogP contribution is -2.53. The molecule has 2 amide bonds. The molecule has 14 heteroatoms. The summed E-state index contributed by atoms with van der Waals surface area (Å²) in [6.07, 6.45) is 0.975. The molecule has 0 saturated carbocycles. The highest BCUT2D eigenvalue weighted by atomic mass is 32.1. The number of pyridine rings is 1. The van der Waals surface area contributed by atoms with Crippen molar-refractivity contribution in [1.29, 1.82) is 0 Å². The quantitative estimate of drug-likeness (QED) is 0.103. The van der Waals surface area contributed by atoms with E-state index in [0.717, 1.165) is 39.2 Å². The molecule has 0 spiro atoms. The lowest BCUT2D eigenvalue weighted by Gasteiger charge is -2.30. The van der Waals surface area contributed by atoms with Crippen molar-refractivity contribution in [2.24, 2.45) is 5.92 Å². The molecule has 5 atom stereocenters. The van der Waals surface area contributed by atoms with Crippen LogP contribution in [0, 0.1) is 5.92 Å². The van der Waals surface area contributed by atoms with Gasteiger partial charge in [-0.3, -0.25) is 15.4 Å². The standard InChI is InChI=1S/C41H43N5O8S/c47-37(23-46(45-41(49)53-25-33-21-42-27-55-33)22-29-9-13-31(14-10-29)35-8-4-5-18-43-35)36(44-40(48)54-38-26-52-39-34(38)17-19-50-39)20-28-11-15-32(16-12-28)51-24-30-6-2-1-3-7-30/h1-16,18,21,27,34,36-39,47H,17,19-20,22-26H2,(H,44,48)(H,45,49). The Labute approximate surface area is 323 Å². The number of hydrazine groups is 1. The van der Waals surface area contributed by atoms with Gasteiger partial charge < -0.3 is 34.1 Å².